The molecule has 0 bridgehead atoms. The fourth-order valence-electron chi connectivity index (χ4n) is 2.70. The summed E-state index contributed by atoms with van der Waals surface area (Å²) in [4.78, 5) is 34.8. The van der Waals surface area contributed by atoms with E-state index in [4.69, 9.17) is 4.74 Å². The summed E-state index contributed by atoms with van der Waals surface area (Å²) in [5, 5.41) is 0. The van der Waals surface area contributed by atoms with Gasteiger partial charge in [0.15, 0.2) is 0 Å². The van der Waals surface area contributed by atoms with Gasteiger partial charge < -0.3 is 9.47 Å². The first-order chi connectivity index (χ1) is 11.6. The van der Waals surface area contributed by atoms with E-state index in [1.807, 2.05) is 0 Å². The SMILES string of the molecule is CCCCCCCCCCOC(=O)c1ccc2c(c1)C(=O)OC2=O. The summed E-state index contributed by atoms with van der Waals surface area (Å²) in [6.07, 6.45) is 9.41. The zero-order chi connectivity index (χ0) is 17.4. The highest BCUT2D eigenvalue weighted by Gasteiger charge is 2.30. The number of rotatable bonds is 10. The van der Waals surface area contributed by atoms with E-state index in [0.29, 0.717) is 6.61 Å². The maximum atomic E-state index is 12.0. The van der Waals surface area contributed by atoms with E-state index in [9.17, 15) is 14.4 Å². The number of carbonyl (C=O) groups is 3. The molecule has 130 valence electrons. The third kappa shape index (κ3) is 4.91. The molecule has 0 fully saturated rings. The van der Waals surface area contributed by atoms with Gasteiger partial charge in [0, 0.05) is 0 Å². The first-order valence-electron chi connectivity index (χ1n) is 8.71. The van der Waals surface area contributed by atoms with Crippen molar-refractivity contribution in [1.29, 1.82) is 0 Å². The van der Waals surface area contributed by atoms with Gasteiger partial charge in [-0.05, 0) is 24.6 Å². The van der Waals surface area contributed by atoms with Crippen LogP contribution in [0.4, 0.5) is 0 Å². The number of ether oxygens (including phenoxy) is 2. The lowest BCUT2D eigenvalue weighted by Crippen LogP contribution is -2.08. The second-order valence-corrected chi connectivity index (χ2v) is 6.05. The smallest absolute Gasteiger partial charge is 0.346 e. The van der Waals surface area contributed by atoms with Crippen molar-refractivity contribution in [1.82, 2.24) is 0 Å². The molecule has 0 aromatic heterocycles. The lowest BCUT2D eigenvalue weighted by Gasteiger charge is -2.05. The molecule has 0 N–H and O–H groups in total. The van der Waals surface area contributed by atoms with Gasteiger partial charge in [-0.3, -0.25) is 0 Å². The van der Waals surface area contributed by atoms with E-state index in [1.165, 1.54) is 50.3 Å². The van der Waals surface area contributed by atoms with E-state index in [2.05, 4.69) is 11.7 Å². The van der Waals surface area contributed by atoms with Crippen molar-refractivity contribution in [3.63, 3.8) is 0 Å². The lowest BCUT2D eigenvalue weighted by atomic mass is 10.1. The quantitative estimate of drug-likeness (QED) is 0.363. The van der Waals surface area contributed by atoms with E-state index in [0.717, 1.165) is 19.3 Å². The average molecular weight is 332 g/mol. The van der Waals surface area contributed by atoms with Crippen LogP contribution in [0.5, 0.6) is 0 Å². The molecular weight excluding hydrogens is 308 g/mol. The van der Waals surface area contributed by atoms with Crippen molar-refractivity contribution in [3.05, 3.63) is 34.9 Å². The zero-order valence-electron chi connectivity index (χ0n) is 14.1. The second-order valence-electron chi connectivity index (χ2n) is 6.05. The fourth-order valence-corrected chi connectivity index (χ4v) is 2.70. The molecule has 2 rings (SSSR count). The molecule has 1 aliphatic rings. The lowest BCUT2D eigenvalue weighted by molar-refractivity contribution is 0.0442. The molecule has 1 heterocycles. The van der Waals surface area contributed by atoms with E-state index in [1.54, 1.807) is 0 Å². The molecule has 0 saturated carbocycles. The molecule has 0 aliphatic carbocycles. The van der Waals surface area contributed by atoms with Crippen LogP contribution in [0.1, 0.15) is 89.4 Å². The van der Waals surface area contributed by atoms with Crippen LogP contribution in [0, 0.1) is 0 Å². The van der Waals surface area contributed by atoms with Crippen LogP contribution in [-0.2, 0) is 9.47 Å². The normalized spacial score (nSPS) is 12.9. The number of carbonyl (C=O) groups excluding carboxylic acids is 3. The van der Waals surface area contributed by atoms with Gasteiger partial charge in [-0.25, -0.2) is 14.4 Å². The summed E-state index contributed by atoms with van der Waals surface area (Å²) in [6, 6.07) is 4.27. The summed E-state index contributed by atoms with van der Waals surface area (Å²) in [6.45, 7) is 2.57. The molecule has 5 nitrogen and oxygen atoms in total. The molecule has 1 aliphatic heterocycles. The van der Waals surface area contributed by atoms with Crippen LogP contribution >= 0.6 is 0 Å². The Hall–Kier alpha value is -2.17. The summed E-state index contributed by atoms with van der Waals surface area (Å²) in [5.41, 5.74) is 0.584. The molecule has 5 heteroatoms. The highest BCUT2D eigenvalue weighted by molar-refractivity contribution is 6.15. The van der Waals surface area contributed by atoms with Gasteiger partial charge in [-0.15, -0.1) is 0 Å². The molecule has 0 atom stereocenters. The highest BCUT2D eigenvalue weighted by Crippen LogP contribution is 2.21. The number of fused-ring (bicyclic) bond motifs is 1. The molecular formula is C19H24O5. The van der Waals surface area contributed by atoms with E-state index in [-0.39, 0.29) is 16.7 Å². The first kappa shape index (κ1) is 18.2. The number of hydrogen-bond acceptors (Lipinski definition) is 5. The molecule has 24 heavy (non-hydrogen) atoms. The predicted octanol–water partition coefficient (Wildman–Crippen LogP) is 4.29. The molecule has 0 saturated heterocycles. The topological polar surface area (TPSA) is 69.7 Å². The Bertz CT molecular complexity index is 606. The van der Waals surface area contributed by atoms with Crippen molar-refractivity contribution in [2.24, 2.45) is 0 Å². The Kier molecular flexibility index (Phi) is 6.97. The second kappa shape index (κ2) is 9.21. The van der Waals surface area contributed by atoms with Crippen LogP contribution in [0.25, 0.3) is 0 Å². The third-order valence-corrected chi connectivity index (χ3v) is 4.11. The van der Waals surface area contributed by atoms with Crippen molar-refractivity contribution >= 4 is 17.9 Å². The third-order valence-electron chi connectivity index (χ3n) is 4.11. The summed E-state index contributed by atoms with van der Waals surface area (Å²) in [7, 11) is 0. The van der Waals surface area contributed by atoms with Crippen LogP contribution in [0.3, 0.4) is 0 Å². The Morgan fingerprint density at radius 1 is 0.917 bits per heavy atom. The van der Waals surface area contributed by atoms with E-state index < -0.39 is 17.9 Å². The van der Waals surface area contributed by atoms with E-state index >= 15 is 0 Å². The van der Waals surface area contributed by atoms with Crippen molar-refractivity contribution in [2.45, 2.75) is 58.3 Å². The summed E-state index contributed by atoms with van der Waals surface area (Å²) < 4.78 is 9.72. The fraction of sp³-hybridized carbons (Fsp3) is 0.526. The summed E-state index contributed by atoms with van der Waals surface area (Å²) in [5.74, 6) is -1.87. The molecule has 1 aromatic carbocycles. The number of benzene rings is 1. The molecule has 0 spiro atoms. The number of unbranched alkanes of at least 4 members (excludes halogenated alkanes) is 7. The number of hydrogen-bond donors (Lipinski definition) is 0. The monoisotopic (exact) mass is 332 g/mol. The van der Waals surface area contributed by atoms with Crippen molar-refractivity contribution in [3.8, 4) is 0 Å². The average Bonchev–Trinajstić information content (AvgIpc) is 2.87. The molecule has 0 amide bonds. The first-order valence-corrected chi connectivity index (χ1v) is 8.71. The number of esters is 3. The predicted molar refractivity (Wildman–Crippen MR) is 89.1 cm³/mol. The van der Waals surface area contributed by atoms with Crippen LogP contribution in [-0.4, -0.2) is 24.5 Å². The zero-order valence-corrected chi connectivity index (χ0v) is 14.1. The van der Waals surface area contributed by atoms with Crippen molar-refractivity contribution in [2.75, 3.05) is 6.61 Å². The maximum absolute atomic E-state index is 12.0. The van der Waals surface area contributed by atoms with Gasteiger partial charge in [0.05, 0.1) is 23.3 Å². The van der Waals surface area contributed by atoms with Gasteiger partial charge in [0.2, 0.25) is 0 Å². The molecule has 0 unspecified atom stereocenters. The maximum Gasteiger partial charge on any atom is 0.346 e. The van der Waals surface area contributed by atoms with Gasteiger partial charge in [0.1, 0.15) is 0 Å². The Balaban J connectivity index is 1.68. The van der Waals surface area contributed by atoms with Gasteiger partial charge >= 0.3 is 17.9 Å². The van der Waals surface area contributed by atoms with Crippen LogP contribution in [0.15, 0.2) is 18.2 Å². The minimum Gasteiger partial charge on any atom is -0.462 e. The number of cyclic esters (lactones) is 2. The largest absolute Gasteiger partial charge is 0.462 e. The van der Waals surface area contributed by atoms with Crippen LogP contribution < -0.4 is 0 Å². The van der Waals surface area contributed by atoms with Gasteiger partial charge in [-0.2, -0.15) is 0 Å². The van der Waals surface area contributed by atoms with Gasteiger partial charge in [0.25, 0.3) is 0 Å². The Morgan fingerprint density at radius 3 is 2.25 bits per heavy atom. The Morgan fingerprint density at radius 2 is 1.54 bits per heavy atom. The van der Waals surface area contributed by atoms with Gasteiger partial charge in [-0.1, -0.05) is 51.9 Å². The van der Waals surface area contributed by atoms with Crippen molar-refractivity contribution < 1.29 is 23.9 Å². The van der Waals surface area contributed by atoms with Crippen LogP contribution in [0.2, 0.25) is 0 Å². The minimum atomic E-state index is -0.715. The molecule has 0 radical (unpaired) electrons. The Labute approximate surface area is 142 Å². The minimum absolute atomic E-state index is 0.126. The standard InChI is InChI=1S/C19H24O5/c1-2-3-4-5-6-7-8-9-12-23-17(20)14-10-11-15-16(13-14)19(22)24-18(15)21/h10-11,13H,2-9,12H2,1H3. The highest BCUT2D eigenvalue weighted by atomic mass is 16.6. The summed E-state index contributed by atoms with van der Waals surface area (Å²) >= 11 is 0. The molecule has 1 aromatic rings.